The Morgan fingerprint density at radius 2 is 2.16 bits per heavy atom. The molecule has 0 aliphatic heterocycles. The molecule has 0 N–H and O–H groups in total. The van der Waals surface area contributed by atoms with Crippen LogP contribution >= 0.6 is 0 Å². The van der Waals surface area contributed by atoms with E-state index in [1.165, 1.54) is 5.35 Å². The first-order valence-electron chi connectivity index (χ1n) is 6.75. The van der Waals surface area contributed by atoms with Crippen molar-refractivity contribution >= 4 is 24.2 Å². The Hall–Kier alpha value is -1.71. The fourth-order valence-electron chi connectivity index (χ4n) is 2.21. The highest BCUT2D eigenvalue weighted by atomic mass is 15.1. The minimum Gasteiger partial charge on any atom is -0.325 e. The SMILES string of the molecule is C/N=C(C)\N=C/CC(C)(C)n1cnc2c1=CCCC=2. The highest BCUT2D eigenvalue weighted by Crippen LogP contribution is 2.15. The van der Waals surface area contributed by atoms with Crippen LogP contribution in [-0.4, -0.2) is 28.6 Å². The Kier molecular flexibility index (Phi) is 3.98. The summed E-state index contributed by atoms with van der Waals surface area (Å²) in [7, 11) is 1.76. The third kappa shape index (κ3) is 3.00. The lowest BCUT2D eigenvalue weighted by atomic mass is 10.0. The first-order valence-corrected chi connectivity index (χ1v) is 6.75. The van der Waals surface area contributed by atoms with Crippen LogP contribution in [0.4, 0.5) is 0 Å². The van der Waals surface area contributed by atoms with Crippen LogP contribution in [-0.2, 0) is 5.54 Å². The van der Waals surface area contributed by atoms with Gasteiger partial charge in [0.25, 0.3) is 0 Å². The zero-order valence-corrected chi connectivity index (χ0v) is 12.2. The summed E-state index contributed by atoms with van der Waals surface area (Å²) in [5, 5.41) is 2.35. The van der Waals surface area contributed by atoms with Crippen LogP contribution in [0.3, 0.4) is 0 Å². The van der Waals surface area contributed by atoms with E-state index in [2.05, 4.69) is 45.5 Å². The van der Waals surface area contributed by atoms with Crippen molar-refractivity contribution in [3.05, 3.63) is 17.0 Å². The van der Waals surface area contributed by atoms with E-state index >= 15 is 0 Å². The molecular formula is C15H22N4. The Bertz CT molecular complexity index is 617. The molecule has 1 aliphatic carbocycles. The lowest BCUT2D eigenvalue weighted by Gasteiger charge is -2.25. The van der Waals surface area contributed by atoms with Crippen molar-refractivity contribution in [1.82, 2.24) is 9.55 Å². The normalized spacial score (nSPS) is 16.1. The summed E-state index contributed by atoms with van der Waals surface area (Å²) in [6, 6.07) is 0. The number of hydrogen-bond donors (Lipinski definition) is 0. The molecule has 102 valence electrons. The molecule has 4 nitrogen and oxygen atoms in total. The molecule has 0 bridgehead atoms. The first kappa shape index (κ1) is 13.7. The number of hydrogen-bond acceptors (Lipinski definition) is 2. The molecule has 0 saturated heterocycles. The molecule has 1 heterocycles. The van der Waals surface area contributed by atoms with E-state index in [1.54, 1.807) is 7.05 Å². The van der Waals surface area contributed by atoms with Gasteiger partial charge in [-0.3, -0.25) is 4.99 Å². The molecule has 0 aromatic carbocycles. The molecule has 0 radical (unpaired) electrons. The molecule has 2 rings (SSSR count). The third-order valence-corrected chi connectivity index (χ3v) is 3.52. The lowest BCUT2D eigenvalue weighted by molar-refractivity contribution is 0.363. The van der Waals surface area contributed by atoms with Crippen molar-refractivity contribution in [3.63, 3.8) is 0 Å². The Labute approximate surface area is 114 Å². The van der Waals surface area contributed by atoms with Gasteiger partial charge in [-0.2, -0.15) is 0 Å². The van der Waals surface area contributed by atoms with Gasteiger partial charge in [-0.25, -0.2) is 9.98 Å². The average Bonchev–Trinajstić information content (AvgIpc) is 2.82. The molecule has 1 aromatic rings. The molecule has 0 unspecified atom stereocenters. The molecule has 4 heteroatoms. The Balaban J connectivity index is 2.26. The molecule has 1 aliphatic rings. The predicted molar refractivity (Wildman–Crippen MR) is 81.1 cm³/mol. The van der Waals surface area contributed by atoms with Crippen LogP contribution in [0, 0.1) is 0 Å². The first-order chi connectivity index (χ1) is 9.04. The molecule has 0 amide bonds. The van der Waals surface area contributed by atoms with Crippen molar-refractivity contribution in [2.45, 2.75) is 45.6 Å². The second-order valence-corrected chi connectivity index (χ2v) is 5.47. The molecule has 0 fully saturated rings. The van der Waals surface area contributed by atoms with Gasteiger partial charge in [0.05, 0.1) is 17.0 Å². The van der Waals surface area contributed by atoms with Crippen LogP contribution in [0.1, 0.15) is 40.0 Å². The topological polar surface area (TPSA) is 42.5 Å². The quantitative estimate of drug-likeness (QED) is 0.598. The number of rotatable bonds is 3. The highest BCUT2D eigenvalue weighted by molar-refractivity contribution is 5.87. The largest absolute Gasteiger partial charge is 0.325 e. The van der Waals surface area contributed by atoms with E-state index in [-0.39, 0.29) is 5.54 Å². The van der Waals surface area contributed by atoms with Crippen LogP contribution in [0.25, 0.3) is 12.2 Å². The third-order valence-electron chi connectivity index (χ3n) is 3.52. The van der Waals surface area contributed by atoms with Gasteiger partial charge in [0.15, 0.2) is 0 Å². The summed E-state index contributed by atoms with van der Waals surface area (Å²) in [6.45, 7) is 6.33. The molecule has 0 spiro atoms. The Morgan fingerprint density at radius 1 is 1.42 bits per heavy atom. The zero-order valence-electron chi connectivity index (χ0n) is 12.2. The molecule has 1 aromatic heterocycles. The predicted octanol–water partition coefficient (Wildman–Crippen LogP) is 1.48. The highest BCUT2D eigenvalue weighted by Gasteiger charge is 2.20. The van der Waals surface area contributed by atoms with Crippen LogP contribution < -0.4 is 10.7 Å². The van der Waals surface area contributed by atoms with E-state index in [1.807, 2.05) is 19.5 Å². The fraction of sp³-hybridized carbons (Fsp3) is 0.533. The van der Waals surface area contributed by atoms with Gasteiger partial charge in [0.2, 0.25) is 0 Å². The molecule has 19 heavy (non-hydrogen) atoms. The van der Waals surface area contributed by atoms with Crippen molar-refractivity contribution in [3.8, 4) is 0 Å². The number of aromatic nitrogens is 2. The maximum atomic E-state index is 4.49. The van der Waals surface area contributed by atoms with Crippen molar-refractivity contribution in [2.24, 2.45) is 9.98 Å². The number of aliphatic imine (C=N–C) groups is 2. The fourth-order valence-corrected chi connectivity index (χ4v) is 2.21. The molecular weight excluding hydrogens is 236 g/mol. The van der Waals surface area contributed by atoms with Gasteiger partial charge in [0, 0.05) is 25.2 Å². The smallest absolute Gasteiger partial charge is 0.119 e. The maximum absolute atomic E-state index is 4.49. The van der Waals surface area contributed by atoms with E-state index < -0.39 is 0 Å². The molecule has 0 atom stereocenters. The van der Waals surface area contributed by atoms with E-state index in [0.717, 1.165) is 30.4 Å². The van der Waals surface area contributed by atoms with Crippen LogP contribution in [0.15, 0.2) is 16.3 Å². The molecule has 0 saturated carbocycles. The maximum Gasteiger partial charge on any atom is 0.119 e. The van der Waals surface area contributed by atoms with Gasteiger partial charge in [-0.1, -0.05) is 12.2 Å². The van der Waals surface area contributed by atoms with E-state index in [4.69, 9.17) is 0 Å². The van der Waals surface area contributed by atoms with Gasteiger partial charge in [-0.05, 0) is 33.6 Å². The summed E-state index contributed by atoms with van der Waals surface area (Å²) in [5.41, 5.74) is -0.0280. The summed E-state index contributed by atoms with van der Waals surface area (Å²) in [4.78, 5) is 12.8. The van der Waals surface area contributed by atoms with Gasteiger partial charge >= 0.3 is 0 Å². The number of fused-ring (bicyclic) bond motifs is 1. The minimum absolute atomic E-state index is 0.0280. The number of nitrogens with zero attached hydrogens (tertiary/aromatic N) is 4. The van der Waals surface area contributed by atoms with Gasteiger partial charge in [0.1, 0.15) is 5.84 Å². The van der Waals surface area contributed by atoms with Gasteiger partial charge < -0.3 is 4.57 Å². The summed E-state index contributed by atoms with van der Waals surface area (Å²) in [6.07, 6.45) is 11.4. The Morgan fingerprint density at radius 3 is 2.89 bits per heavy atom. The van der Waals surface area contributed by atoms with Crippen molar-refractivity contribution in [2.75, 3.05) is 7.05 Å². The van der Waals surface area contributed by atoms with Crippen LogP contribution in [0.5, 0.6) is 0 Å². The standard InChI is InChI=1S/C15H22N4/c1-12(16-4)17-10-9-15(2,3)19-11-18-13-7-5-6-8-14(13)19/h7-8,10-11H,5-6,9H2,1-4H3/b16-12-,17-10-. The zero-order chi connectivity index (χ0) is 13.9. The summed E-state index contributed by atoms with van der Waals surface area (Å²) >= 11 is 0. The summed E-state index contributed by atoms with van der Waals surface area (Å²) < 4.78 is 2.25. The van der Waals surface area contributed by atoms with E-state index in [0.29, 0.717) is 0 Å². The second-order valence-electron chi connectivity index (χ2n) is 5.47. The monoisotopic (exact) mass is 258 g/mol. The lowest BCUT2D eigenvalue weighted by Crippen LogP contribution is -2.40. The minimum atomic E-state index is -0.0280. The number of amidine groups is 1. The van der Waals surface area contributed by atoms with Crippen molar-refractivity contribution < 1.29 is 0 Å². The van der Waals surface area contributed by atoms with Crippen LogP contribution in [0.2, 0.25) is 0 Å². The summed E-state index contributed by atoms with van der Waals surface area (Å²) in [5.74, 6) is 0.809. The second kappa shape index (κ2) is 5.51. The van der Waals surface area contributed by atoms with Gasteiger partial charge in [-0.15, -0.1) is 0 Å². The number of imidazole rings is 1. The van der Waals surface area contributed by atoms with E-state index in [9.17, 15) is 0 Å². The van der Waals surface area contributed by atoms with Crippen molar-refractivity contribution in [1.29, 1.82) is 0 Å². The average molecular weight is 258 g/mol.